The van der Waals surface area contributed by atoms with Crippen LogP contribution in [-0.2, 0) is 9.59 Å². The lowest BCUT2D eigenvalue weighted by atomic mass is 10.0. The summed E-state index contributed by atoms with van der Waals surface area (Å²) in [5.41, 5.74) is 4.05. The van der Waals surface area contributed by atoms with Gasteiger partial charge in [0.05, 0.1) is 16.8 Å². The van der Waals surface area contributed by atoms with Crippen LogP contribution in [0.25, 0.3) is 0 Å². The van der Waals surface area contributed by atoms with E-state index >= 15 is 0 Å². The number of ether oxygens (including phenoxy) is 1. The van der Waals surface area contributed by atoms with Crippen molar-refractivity contribution < 1.29 is 19.1 Å². The molecule has 0 spiro atoms. The minimum Gasteiger partial charge on any atom is -0.484 e. The SMILES string of the molecule is CC(C)C(NC(=O)c1ccc(Cl)cc1Cl)C(=O)NN=Cc1ccc(OCC(=O)Nc2ccccc2)cc1. The van der Waals surface area contributed by atoms with Crippen molar-refractivity contribution in [1.29, 1.82) is 0 Å². The Morgan fingerprint density at radius 2 is 1.68 bits per heavy atom. The van der Waals surface area contributed by atoms with Gasteiger partial charge >= 0.3 is 0 Å². The van der Waals surface area contributed by atoms with Crippen molar-refractivity contribution in [3.63, 3.8) is 0 Å². The minimum absolute atomic E-state index is 0.137. The first kappa shape index (κ1) is 27.7. The van der Waals surface area contributed by atoms with Gasteiger partial charge < -0.3 is 15.4 Å². The normalized spacial score (nSPS) is 11.7. The summed E-state index contributed by atoms with van der Waals surface area (Å²) in [6.07, 6.45) is 1.46. The summed E-state index contributed by atoms with van der Waals surface area (Å²) in [6.45, 7) is 3.47. The summed E-state index contributed by atoms with van der Waals surface area (Å²) < 4.78 is 5.50. The van der Waals surface area contributed by atoms with E-state index in [1.54, 1.807) is 56.3 Å². The number of halogens is 2. The lowest BCUT2D eigenvalue weighted by molar-refractivity contribution is -0.124. The number of hydrazone groups is 1. The summed E-state index contributed by atoms with van der Waals surface area (Å²) >= 11 is 12.0. The molecule has 0 radical (unpaired) electrons. The first-order valence-corrected chi connectivity index (χ1v) is 12.1. The third-order valence-electron chi connectivity index (χ3n) is 5.11. The van der Waals surface area contributed by atoms with Crippen LogP contribution in [0, 0.1) is 5.92 Å². The van der Waals surface area contributed by atoms with Crippen molar-refractivity contribution in [3.8, 4) is 5.75 Å². The van der Waals surface area contributed by atoms with Crippen molar-refractivity contribution in [3.05, 3.63) is 94.0 Å². The van der Waals surface area contributed by atoms with E-state index in [1.165, 1.54) is 18.3 Å². The van der Waals surface area contributed by atoms with Gasteiger partial charge in [0.1, 0.15) is 11.8 Å². The lowest BCUT2D eigenvalue weighted by Crippen LogP contribution is -2.48. The molecule has 1 unspecified atom stereocenters. The molecule has 0 bridgehead atoms. The van der Waals surface area contributed by atoms with Crippen molar-refractivity contribution in [2.75, 3.05) is 11.9 Å². The fourth-order valence-electron chi connectivity index (χ4n) is 3.19. The van der Waals surface area contributed by atoms with Gasteiger partial charge in [-0.05, 0) is 66.1 Å². The number of nitrogens with zero attached hydrogens (tertiary/aromatic N) is 1. The number of hydrogen-bond donors (Lipinski definition) is 3. The largest absolute Gasteiger partial charge is 0.484 e. The molecule has 37 heavy (non-hydrogen) atoms. The van der Waals surface area contributed by atoms with Crippen LogP contribution in [0.15, 0.2) is 77.9 Å². The zero-order chi connectivity index (χ0) is 26.8. The number of anilines is 1. The molecular formula is C27H26Cl2N4O4. The van der Waals surface area contributed by atoms with Gasteiger partial charge in [0.15, 0.2) is 6.61 Å². The number of amides is 3. The summed E-state index contributed by atoms with van der Waals surface area (Å²) in [4.78, 5) is 37.3. The molecule has 3 aromatic carbocycles. The van der Waals surface area contributed by atoms with Gasteiger partial charge in [0.25, 0.3) is 17.7 Å². The highest BCUT2D eigenvalue weighted by atomic mass is 35.5. The molecule has 10 heteroatoms. The molecular weight excluding hydrogens is 515 g/mol. The Balaban J connectivity index is 1.50. The van der Waals surface area contributed by atoms with E-state index < -0.39 is 17.9 Å². The summed E-state index contributed by atoms with van der Waals surface area (Å²) in [6, 6.07) is 19.6. The molecule has 0 saturated heterocycles. The van der Waals surface area contributed by atoms with Crippen LogP contribution in [0.5, 0.6) is 5.75 Å². The predicted molar refractivity (Wildman–Crippen MR) is 145 cm³/mol. The van der Waals surface area contributed by atoms with Crippen LogP contribution in [-0.4, -0.2) is 36.6 Å². The molecule has 0 saturated carbocycles. The smallest absolute Gasteiger partial charge is 0.262 e. The highest BCUT2D eigenvalue weighted by Crippen LogP contribution is 2.21. The molecule has 0 aromatic heterocycles. The van der Waals surface area contributed by atoms with E-state index in [0.29, 0.717) is 22.0 Å². The van der Waals surface area contributed by atoms with Gasteiger partial charge in [-0.15, -0.1) is 0 Å². The zero-order valence-electron chi connectivity index (χ0n) is 20.2. The molecule has 3 rings (SSSR count). The summed E-state index contributed by atoms with van der Waals surface area (Å²) in [5.74, 6) is -0.945. The Bertz CT molecular complexity index is 1270. The molecule has 0 aliphatic rings. The van der Waals surface area contributed by atoms with E-state index in [4.69, 9.17) is 27.9 Å². The number of hydrogen-bond acceptors (Lipinski definition) is 5. The molecule has 3 aromatic rings. The van der Waals surface area contributed by atoms with Crippen molar-refractivity contribution >= 4 is 52.8 Å². The van der Waals surface area contributed by atoms with Gasteiger partial charge in [0, 0.05) is 10.7 Å². The van der Waals surface area contributed by atoms with E-state index in [0.717, 1.165) is 0 Å². The Hall–Kier alpha value is -3.88. The standard InChI is InChI=1S/C27H26Cl2N4O4/c1-17(2)25(32-26(35)22-13-10-19(28)14-23(22)29)27(36)33-30-15-18-8-11-21(12-9-18)37-16-24(34)31-20-6-4-3-5-7-20/h3-15,17,25H,16H2,1-2H3,(H,31,34)(H,32,35)(H,33,36). The van der Waals surface area contributed by atoms with Gasteiger partial charge in [-0.2, -0.15) is 5.10 Å². The van der Waals surface area contributed by atoms with Crippen LogP contribution in [0.1, 0.15) is 29.8 Å². The molecule has 1 atom stereocenters. The first-order valence-electron chi connectivity index (χ1n) is 11.4. The van der Waals surface area contributed by atoms with Gasteiger partial charge in [0.2, 0.25) is 0 Å². The van der Waals surface area contributed by atoms with Crippen molar-refractivity contribution in [2.24, 2.45) is 11.0 Å². The first-order chi connectivity index (χ1) is 17.7. The Morgan fingerprint density at radius 1 is 0.973 bits per heavy atom. The molecule has 3 N–H and O–H groups in total. The van der Waals surface area contributed by atoms with Crippen LogP contribution >= 0.6 is 23.2 Å². The predicted octanol–water partition coefficient (Wildman–Crippen LogP) is 4.92. The highest BCUT2D eigenvalue weighted by Gasteiger charge is 2.25. The van der Waals surface area contributed by atoms with Crippen molar-refractivity contribution in [1.82, 2.24) is 10.7 Å². The average molecular weight is 541 g/mol. The molecule has 0 aliphatic carbocycles. The quantitative estimate of drug-likeness (QED) is 0.250. The Labute approximate surface area is 225 Å². The molecule has 0 fully saturated rings. The number of nitrogens with one attached hydrogen (secondary N) is 3. The van der Waals surface area contributed by atoms with E-state index in [-0.39, 0.29) is 29.0 Å². The number of carbonyl (C=O) groups is 3. The van der Waals surface area contributed by atoms with Gasteiger partial charge in [-0.3, -0.25) is 14.4 Å². The maximum atomic E-state index is 12.7. The number of para-hydroxylation sites is 1. The third-order valence-corrected chi connectivity index (χ3v) is 5.66. The molecule has 0 heterocycles. The van der Waals surface area contributed by atoms with Gasteiger partial charge in [-0.25, -0.2) is 5.43 Å². The molecule has 0 aliphatic heterocycles. The maximum absolute atomic E-state index is 12.7. The molecule has 3 amide bonds. The fourth-order valence-corrected chi connectivity index (χ4v) is 3.68. The number of carbonyl (C=O) groups excluding carboxylic acids is 3. The van der Waals surface area contributed by atoms with Crippen LogP contribution in [0.3, 0.4) is 0 Å². The second-order valence-electron chi connectivity index (χ2n) is 8.33. The second-order valence-corrected chi connectivity index (χ2v) is 9.17. The van der Waals surface area contributed by atoms with Crippen LogP contribution < -0.4 is 20.8 Å². The summed E-state index contributed by atoms with van der Waals surface area (Å²) in [7, 11) is 0. The highest BCUT2D eigenvalue weighted by molar-refractivity contribution is 6.36. The lowest BCUT2D eigenvalue weighted by Gasteiger charge is -2.20. The van der Waals surface area contributed by atoms with Crippen LogP contribution in [0.2, 0.25) is 10.0 Å². The fraction of sp³-hybridized carbons (Fsp3) is 0.185. The zero-order valence-corrected chi connectivity index (χ0v) is 21.7. The van der Waals surface area contributed by atoms with Crippen molar-refractivity contribution in [2.45, 2.75) is 19.9 Å². The van der Waals surface area contributed by atoms with E-state index in [9.17, 15) is 14.4 Å². The van der Waals surface area contributed by atoms with Crippen LogP contribution in [0.4, 0.5) is 5.69 Å². The summed E-state index contributed by atoms with van der Waals surface area (Å²) in [5, 5.41) is 10.0. The number of rotatable bonds is 10. The molecule has 8 nitrogen and oxygen atoms in total. The van der Waals surface area contributed by atoms with Gasteiger partial charge in [-0.1, -0.05) is 55.2 Å². The average Bonchev–Trinajstić information content (AvgIpc) is 2.87. The Morgan fingerprint density at radius 3 is 2.32 bits per heavy atom. The number of benzene rings is 3. The Kier molecular flexibility index (Phi) is 10.1. The topological polar surface area (TPSA) is 109 Å². The third kappa shape index (κ3) is 8.63. The second kappa shape index (κ2) is 13.4. The monoisotopic (exact) mass is 540 g/mol. The maximum Gasteiger partial charge on any atom is 0.262 e. The van der Waals surface area contributed by atoms with E-state index in [2.05, 4.69) is 21.2 Å². The minimum atomic E-state index is -0.839. The molecule has 192 valence electrons. The van der Waals surface area contributed by atoms with E-state index in [1.807, 2.05) is 18.2 Å².